The summed E-state index contributed by atoms with van der Waals surface area (Å²) in [5, 5.41) is 6.59. The molecule has 1 aromatic rings. The molecule has 3 rings (SSSR count). The molecular weight excluding hydrogens is 421 g/mol. The molecule has 0 fully saturated rings. The van der Waals surface area contributed by atoms with E-state index >= 15 is 0 Å². The second-order valence-corrected chi connectivity index (χ2v) is 5.43. The van der Waals surface area contributed by atoms with Crippen LogP contribution >= 0.6 is 39.9 Å². The van der Waals surface area contributed by atoms with E-state index in [-0.39, 0.29) is 24.0 Å². The number of halogens is 2. The maximum Gasteiger partial charge on any atom is 0.191 e. The van der Waals surface area contributed by atoms with Crippen molar-refractivity contribution in [2.75, 3.05) is 19.7 Å². The highest BCUT2D eigenvalue weighted by molar-refractivity contribution is 14.0. The van der Waals surface area contributed by atoms with Crippen LogP contribution in [0.3, 0.4) is 0 Å². The molecule has 2 aliphatic rings. The van der Waals surface area contributed by atoms with Gasteiger partial charge in [0, 0.05) is 36.1 Å². The Kier molecular flexibility index (Phi) is 5.32. The van der Waals surface area contributed by atoms with Crippen LogP contribution in [-0.2, 0) is 13.0 Å². The van der Waals surface area contributed by atoms with Crippen LogP contribution in [0, 0.1) is 0 Å². The van der Waals surface area contributed by atoms with Crippen molar-refractivity contribution < 1.29 is 4.74 Å². The normalized spacial score (nSPS) is 16.6. The van der Waals surface area contributed by atoms with Gasteiger partial charge < -0.3 is 15.4 Å². The van der Waals surface area contributed by atoms with Crippen LogP contribution in [0.15, 0.2) is 21.6 Å². The third-order valence-corrected chi connectivity index (χ3v) is 3.63. The van der Waals surface area contributed by atoms with Gasteiger partial charge in [0.15, 0.2) is 5.96 Å². The molecule has 0 aromatic heterocycles. The van der Waals surface area contributed by atoms with E-state index in [4.69, 9.17) is 4.74 Å². The van der Waals surface area contributed by atoms with E-state index < -0.39 is 0 Å². The molecular formula is C13H17BrIN3O. The van der Waals surface area contributed by atoms with Crippen LogP contribution in [0.2, 0.25) is 0 Å². The number of hydrogen-bond donors (Lipinski definition) is 2. The third kappa shape index (κ3) is 3.53. The molecule has 0 atom stereocenters. The molecule has 4 nitrogen and oxygen atoms in total. The molecule has 2 aliphatic heterocycles. The van der Waals surface area contributed by atoms with Gasteiger partial charge in [-0.15, -0.1) is 24.0 Å². The van der Waals surface area contributed by atoms with Gasteiger partial charge >= 0.3 is 0 Å². The first-order valence-corrected chi connectivity index (χ1v) is 7.08. The number of ether oxygens (including phenoxy) is 1. The fraction of sp³-hybridized carbons (Fsp3) is 0.462. The van der Waals surface area contributed by atoms with E-state index in [0.717, 1.165) is 55.3 Å². The number of guanidine groups is 1. The Hall–Kier alpha value is -0.500. The summed E-state index contributed by atoms with van der Waals surface area (Å²) in [6.45, 7) is 3.44. The zero-order chi connectivity index (χ0) is 12.4. The predicted octanol–water partition coefficient (Wildman–Crippen LogP) is 2.44. The second-order valence-electron chi connectivity index (χ2n) is 4.52. The summed E-state index contributed by atoms with van der Waals surface area (Å²) in [5.41, 5.74) is 2.48. The van der Waals surface area contributed by atoms with Crippen LogP contribution in [0.4, 0.5) is 0 Å². The minimum Gasteiger partial charge on any atom is -0.493 e. The molecule has 0 aliphatic carbocycles. The number of benzene rings is 1. The Labute approximate surface area is 138 Å². The van der Waals surface area contributed by atoms with Crippen molar-refractivity contribution in [2.45, 2.75) is 19.4 Å². The first kappa shape index (κ1) is 14.9. The molecule has 0 unspecified atom stereocenters. The van der Waals surface area contributed by atoms with Crippen molar-refractivity contribution in [1.82, 2.24) is 10.6 Å². The Balaban J connectivity index is 0.00000133. The van der Waals surface area contributed by atoms with Gasteiger partial charge in [-0.25, -0.2) is 0 Å². The molecule has 1 aromatic carbocycles. The van der Waals surface area contributed by atoms with E-state index in [9.17, 15) is 0 Å². The van der Waals surface area contributed by atoms with Gasteiger partial charge in [-0.3, -0.25) is 4.99 Å². The predicted molar refractivity (Wildman–Crippen MR) is 90.5 cm³/mol. The van der Waals surface area contributed by atoms with Gasteiger partial charge in [0.2, 0.25) is 0 Å². The monoisotopic (exact) mass is 437 g/mol. The quantitative estimate of drug-likeness (QED) is 0.698. The number of nitrogens with one attached hydrogen (secondary N) is 2. The summed E-state index contributed by atoms with van der Waals surface area (Å²) >= 11 is 3.55. The Morgan fingerprint density at radius 1 is 1.42 bits per heavy atom. The van der Waals surface area contributed by atoms with E-state index in [1.165, 1.54) is 11.1 Å². The molecule has 19 heavy (non-hydrogen) atoms. The average Bonchev–Trinajstić information content (AvgIpc) is 2.85. The summed E-state index contributed by atoms with van der Waals surface area (Å²) < 4.78 is 6.82. The first-order valence-electron chi connectivity index (χ1n) is 6.29. The zero-order valence-corrected chi connectivity index (χ0v) is 14.5. The standard InChI is InChI=1S/C13H16BrN3O.HI/c14-11-6-9-2-5-18-12(9)10(7-11)8-17-13-15-3-1-4-16-13;/h6-7H,1-5,8H2,(H2,15,16,17);1H. The van der Waals surface area contributed by atoms with Crippen LogP contribution < -0.4 is 15.4 Å². The third-order valence-electron chi connectivity index (χ3n) is 3.17. The molecule has 104 valence electrons. The number of aliphatic imine (C=N–C) groups is 1. The average molecular weight is 438 g/mol. The highest BCUT2D eigenvalue weighted by atomic mass is 127. The fourth-order valence-electron chi connectivity index (χ4n) is 2.31. The molecule has 0 saturated heterocycles. The molecule has 0 radical (unpaired) electrons. The maximum absolute atomic E-state index is 5.70. The van der Waals surface area contributed by atoms with E-state index in [1.807, 2.05) is 0 Å². The topological polar surface area (TPSA) is 45.7 Å². The maximum atomic E-state index is 5.70. The van der Waals surface area contributed by atoms with Crippen LogP contribution in [0.1, 0.15) is 17.5 Å². The largest absolute Gasteiger partial charge is 0.493 e. The summed E-state index contributed by atoms with van der Waals surface area (Å²) in [5.74, 6) is 1.94. The lowest BCUT2D eigenvalue weighted by molar-refractivity contribution is 0.353. The molecule has 0 amide bonds. The summed E-state index contributed by atoms with van der Waals surface area (Å²) in [6, 6.07) is 4.25. The molecule has 0 saturated carbocycles. The van der Waals surface area contributed by atoms with E-state index in [1.54, 1.807) is 0 Å². The summed E-state index contributed by atoms with van der Waals surface area (Å²) in [4.78, 5) is 4.40. The number of fused-ring (bicyclic) bond motifs is 1. The van der Waals surface area contributed by atoms with Gasteiger partial charge in [-0.2, -0.15) is 0 Å². The summed E-state index contributed by atoms with van der Waals surface area (Å²) in [6.07, 6.45) is 2.11. The van der Waals surface area contributed by atoms with Crippen LogP contribution in [0.5, 0.6) is 5.75 Å². The number of hydrogen-bond acceptors (Lipinski definition) is 4. The molecule has 2 N–H and O–H groups in total. The number of rotatable bonds is 2. The van der Waals surface area contributed by atoms with Crippen molar-refractivity contribution in [3.8, 4) is 5.75 Å². The van der Waals surface area contributed by atoms with Crippen molar-refractivity contribution in [3.63, 3.8) is 0 Å². The number of nitrogens with zero attached hydrogens (tertiary/aromatic N) is 1. The molecule has 0 spiro atoms. The van der Waals surface area contributed by atoms with Crippen LogP contribution in [-0.4, -0.2) is 25.7 Å². The van der Waals surface area contributed by atoms with Gasteiger partial charge in [-0.1, -0.05) is 15.9 Å². The molecule has 0 bridgehead atoms. The summed E-state index contributed by atoms with van der Waals surface area (Å²) in [7, 11) is 0. The smallest absolute Gasteiger partial charge is 0.191 e. The lowest BCUT2D eigenvalue weighted by Crippen LogP contribution is -2.40. The highest BCUT2D eigenvalue weighted by Crippen LogP contribution is 2.32. The molecule has 2 heterocycles. The van der Waals surface area contributed by atoms with Crippen molar-refractivity contribution in [2.24, 2.45) is 4.99 Å². The van der Waals surface area contributed by atoms with Gasteiger partial charge in [0.25, 0.3) is 0 Å². The van der Waals surface area contributed by atoms with Crippen LogP contribution in [0.25, 0.3) is 0 Å². The van der Waals surface area contributed by atoms with Crippen molar-refractivity contribution in [3.05, 3.63) is 27.7 Å². The fourth-order valence-corrected chi connectivity index (χ4v) is 2.86. The minimum absolute atomic E-state index is 0. The van der Waals surface area contributed by atoms with Gasteiger partial charge in [-0.05, 0) is 24.1 Å². The zero-order valence-electron chi connectivity index (χ0n) is 10.5. The second kappa shape index (κ2) is 6.78. The van der Waals surface area contributed by atoms with Gasteiger partial charge in [0.1, 0.15) is 5.75 Å². The minimum atomic E-state index is 0. The highest BCUT2D eigenvalue weighted by Gasteiger charge is 2.17. The lowest BCUT2D eigenvalue weighted by Gasteiger charge is -2.17. The van der Waals surface area contributed by atoms with E-state index in [0.29, 0.717) is 0 Å². The van der Waals surface area contributed by atoms with E-state index in [2.05, 4.69) is 43.7 Å². The Morgan fingerprint density at radius 3 is 3.11 bits per heavy atom. The lowest BCUT2D eigenvalue weighted by atomic mass is 10.1. The first-order chi connectivity index (χ1) is 8.83. The Morgan fingerprint density at radius 2 is 2.32 bits per heavy atom. The van der Waals surface area contributed by atoms with Crippen molar-refractivity contribution >= 4 is 45.9 Å². The van der Waals surface area contributed by atoms with Crippen molar-refractivity contribution in [1.29, 1.82) is 0 Å². The molecule has 6 heteroatoms. The Bertz CT molecular complexity index is 493. The SMILES string of the molecule is Brc1cc2c(c(CNC3=NCCCN3)c1)OCC2.I. The van der Waals surface area contributed by atoms with Gasteiger partial charge in [0.05, 0.1) is 6.61 Å².